The van der Waals surface area contributed by atoms with E-state index in [0.29, 0.717) is 13.0 Å². The van der Waals surface area contributed by atoms with E-state index in [0.717, 1.165) is 12.8 Å². The second-order valence-electron chi connectivity index (χ2n) is 5.86. The molecule has 0 aromatic heterocycles. The minimum Gasteiger partial charge on any atom is -0.466 e. The molecule has 0 aliphatic heterocycles. The summed E-state index contributed by atoms with van der Waals surface area (Å²) in [6, 6.07) is 0. The average Bonchev–Trinajstić information content (AvgIpc) is 2.45. The quantitative estimate of drug-likeness (QED) is 0.205. The number of ether oxygens (including phenoxy) is 1. The van der Waals surface area contributed by atoms with Crippen molar-refractivity contribution in [3.05, 3.63) is 0 Å². The van der Waals surface area contributed by atoms with Gasteiger partial charge < -0.3 is 4.74 Å². The second kappa shape index (κ2) is 20.1. The van der Waals surface area contributed by atoms with Crippen molar-refractivity contribution in [2.75, 3.05) is 6.61 Å². The minimum atomic E-state index is 0. The molecule has 0 atom stereocenters. The van der Waals surface area contributed by atoms with E-state index in [2.05, 4.69) is 13.8 Å². The van der Waals surface area contributed by atoms with Gasteiger partial charge in [-0.1, -0.05) is 84.5 Å². The van der Waals surface area contributed by atoms with Crippen LogP contribution in [0.4, 0.5) is 0 Å². The summed E-state index contributed by atoms with van der Waals surface area (Å²) in [5.74, 6) is 0.00659. The first-order valence-electron chi connectivity index (χ1n) is 8.96. The summed E-state index contributed by atoms with van der Waals surface area (Å²) in [7, 11) is 0. The molecular weight excluding hydrogens is 314 g/mol. The van der Waals surface area contributed by atoms with Crippen molar-refractivity contribution >= 4 is 5.97 Å². The molecular formula is C18H36O2Zn. The van der Waals surface area contributed by atoms with E-state index in [4.69, 9.17) is 4.74 Å². The molecule has 0 aromatic rings. The van der Waals surface area contributed by atoms with E-state index >= 15 is 0 Å². The SMILES string of the molecule is CCCCCCCCCC(=O)OCCCCCCCC.[Zn]. The summed E-state index contributed by atoms with van der Waals surface area (Å²) >= 11 is 0. The van der Waals surface area contributed by atoms with E-state index in [1.54, 1.807) is 0 Å². The van der Waals surface area contributed by atoms with Crippen LogP contribution >= 0.6 is 0 Å². The van der Waals surface area contributed by atoms with Crippen LogP contribution in [0.3, 0.4) is 0 Å². The first kappa shape index (κ1) is 23.4. The van der Waals surface area contributed by atoms with Gasteiger partial charge in [0.15, 0.2) is 0 Å². The van der Waals surface area contributed by atoms with Crippen LogP contribution in [-0.4, -0.2) is 12.6 Å². The van der Waals surface area contributed by atoms with Gasteiger partial charge in [0.05, 0.1) is 6.61 Å². The minimum absolute atomic E-state index is 0. The fourth-order valence-electron chi connectivity index (χ4n) is 2.37. The molecule has 0 spiro atoms. The average molecular weight is 350 g/mol. The third-order valence-electron chi connectivity index (χ3n) is 3.75. The molecule has 0 N–H and O–H groups in total. The molecule has 0 rings (SSSR count). The fourth-order valence-corrected chi connectivity index (χ4v) is 2.37. The number of hydrogen-bond donors (Lipinski definition) is 0. The zero-order valence-corrected chi connectivity index (χ0v) is 17.6. The molecule has 0 aliphatic carbocycles. The fraction of sp³-hybridized carbons (Fsp3) is 0.944. The zero-order valence-electron chi connectivity index (χ0n) is 14.6. The van der Waals surface area contributed by atoms with Gasteiger partial charge in [0.2, 0.25) is 0 Å². The second-order valence-corrected chi connectivity index (χ2v) is 5.86. The van der Waals surface area contributed by atoms with Crippen molar-refractivity contribution in [1.82, 2.24) is 0 Å². The summed E-state index contributed by atoms with van der Waals surface area (Å²) in [6.45, 7) is 5.09. The Labute approximate surface area is 145 Å². The molecule has 0 radical (unpaired) electrons. The zero-order chi connectivity index (χ0) is 14.9. The molecule has 2 nitrogen and oxygen atoms in total. The molecule has 0 heterocycles. The first-order chi connectivity index (χ1) is 9.81. The number of carbonyl (C=O) groups excluding carboxylic acids is 1. The number of esters is 1. The molecule has 0 bridgehead atoms. The third kappa shape index (κ3) is 20.1. The van der Waals surface area contributed by atoms with Gasteiger partial charge in [-0.2, -0.15) is 0 Å². The van der Waals surface area contributed by atoms with Crippen molar-refractivity contribution in [1.29, 1.82) is 0 Å². The van der Waals surface area contributed by atoms with E-state index in [1.165, 1.54) is 70.6 Å². The summed E-state index contributed by atoms with van der Waals surface area (Å²) < 4.78 is 5.25. The summed E-state index contributed by atoms with van der Waals surface area (Å²) in [4.78, 5) is 11.5. The van der Waals surface area contributed by atoms with Crippen LogP contribution in [-0.2, 0) is 29.0 Å². The van der Waals surface area contributed by atoms with Gasteiger partial charge >= 0.3 is 5.97 Å². The summed E-state index contributed by atoms with van der Waals surface area (Å²) in [5, 5.41) is 0. The molecule has 3 heteroatoms. The van der Waals surface area contributed by atoms with E-state index < -0.39 is 0 Å². The molecule has 0 fully saturated rings. The largest absolute Gasteiger partial charge is 0.466 e. The van der Waals surface area contributed by atoms with Gasteiger partial charge in [-0.3, -0.25) is 4.79 Å². The summed E-state index contributed by atoms with van der Waals surface area (Å²) in [6.07, 6.45) is 16.8. The van der Waals surface area contributed by atoms with Crippen LogP contribution in [0, 0.1) is 0 Å². The van der Waals surface area contributed by atoms with Crippen LogP contribution < -0.4 is 0 Å². The van der Waals surface area contributed by atoms with Gasteiger partial charge in [-0.15, -0.1) is 0 Å². The Morgan fingerprint density at radius 3 is 1.62 bits per heavy atom. The third-order valence-corrected chi connectivity index (χ3v) is 3.75. The van der Waals surface area contributed by atoms with Crippen molar-refractivity contribution in [3.8, 4) is 0 Å². The van der Waals surface area contributed by atoms with Gasteiger partial charge in [0, 0.05) is 25.9 Å². The van der Waals surface area contributed by atoms with Crippen LogP contribution in [0.1, 0.15) is 104 Å². The first-order valence-corrected chi connectivity index (χ1v) is 8.96. The Bertz CT molecular complexity index is 187. The molecule has 0 aliphatic rings. The molecule has 0 saturated carbocycles. The Hall–Kier alpha value is 0.0934. The Balaban J connectivity index is 0. The van der Waals surface area contributed by atoms with Crippen molar-refractivity contribution < 1.29 is 29.0 Å². The van der Waals surface area contributed by atoms with Crippen LogP contribution in [0.25, 0.3) is 0 Å². The number of hydrogen-bond acceptors (Lipinski definition) is 2. The molecule has 0 aromatic carbocycles. The predicted molar refractivity (Wildman–Crippen MR) is 86.9 cm³/mol. The van der Waals surface area contributed by atoms with E-state index in [-0.39, 0.29) is 25.4 Å². The van der Waals surface area contributed by atoms with Crippen LogP contribution in [0.15, 0.2) is 0 Å². The van der Waals surface area contributed by atoms with Gasteiger partial charge in [0.25, 0.3) is 0 Å². The van der Waals surface area contributed by atoms with Crippen LogP contribution in [0.5, 0.6) is 0 Å². The maximum Gasteiger partial charge on any atom is 0.305 e. The monoisotopic (exact) mass is 348 g/mol. The van der Waals surface area contributed by atoms with Gasteiger partial charge in [-0.25, -0.2) is 0 Å². The maximum absolute atomic E-state index is 11.5. The summed E-state index contributed by atoms with van der Waals surface area (Å²) in [5.41, 5.74) is 0. The van der Waals surface area contributed by atoms with Gasteiger partial charge in [-0.05, 0) is 12.8 Å². The van der Waals surface area contributed by atoms with Crippen LogP contribution in [0.2, 0.25) is 0 Å². The Kier molecular flexibility index (Phi) is 22.4. The van der Waals surface area contributed by atoms with Crippen molar-refractivity contribution in [2.24, 2.45) is 0 Å². The standard InChI is InChI=1S/C18H36O2.Zn/c1-3-5-7-9-11-12-14-16-18(19)20-17-15-13-10-8-6-4-2;/h3-17H2,1-2H3;. The number of rotatable bonds is 15. The van der Waals surface area contributed by atoms with E-state index in [9.17, 15) is 4.79 Å². The maximum atomic E-state index is 11.5. The Morgan fingerprint density at radius 1 is 0.667 bits per heavy atom. The van der Waals surface area contributed by atoms with Gasteiger partial charge in [0.1, 0.15) is 0 Å². The molecule has 122 valence electrons. The van der Waals surface area contributed by atoms with E-state index in [1.807, 2.05) is 0 Å². The number of carbonyl (C=O) groups is 1. The smallest absolute Gasteiger partial charge is 0.305 e. The normalized spacial score (nSPS) is 10.2. The van der Waals surface area contributed by atoms with Crippen molar-refractivity contribution in [3.63, 3.8) is 0 Å². The Morgan fingerprint density at radius 2 is 1.10 bits per heavy atom. The molecule has 21 heavy (non-hydrogen) atoms. The topological polar surface area (TPSA) is 26.3 Å². The molecule has 0 amide bonds. The predicted octanol–water partition coefficient (Wildman–Crippen LogP) is 6.03. The number of unbranched alkanes of at least 4 members (excludes halogenated alkanes) is 11. The molecule has 0 saturated heterocycles. The molecule has 0 unspecified atom stereocenters. The van der Waals surface area contributed by atoms with Crippen molar-refractivity contribution in [2.45, 2.75) is 104 Å².